The van der Waals surface area contributed by atoms with Gasteiger partial charge in [-0.1, -0.05) is 91.1 Å². The molecule has 4 heterocycles. The number of allylic oxidation sites excluding steroid dienone is 15. The van der Waals surface area contributed by atoms with Gasteiger partial charge in [0.25, 0.3) is 0 Å². The maximum atomic E-state index is 5.76. The van der Waals surface area contributed by atoms with Crippen molar-refractivity contribution in [3.05, 3.63) is 131 Å². The normalized spacial score (nSPS) is 47.5. The first-order valence-electron chi connectivity index (χ1n) is 25.4. The molecule has 13 aliphatic rings. The second kappa shape index (κ2) is 15.7. The molecule has 3 nitrogen and oxygen atoms in total. The predicted octanol–water partition coefficient (Wildman–Crippen LogP) is 12.5. The van der Waals surface area contributed by atoms with Crippen LogP contribution < -0.4 is 0 Å². The van der Waals surface area contributed by atoms with Crippen LogP contribution in [0.5, 0.6) is 0 Å². The quantitative estimate of drug-likeness (QED) is 0.218. The monoisotopic (exact) mass is 847 g/mol. The topological polar surface area (TPSA) is 9.72 Å². The van der Waals surface area contributed by atoms with Crippen LogP contribution in [0.4, 0.5) is 0 Å². The fourth-order valence-corrected chi connectivity index (χ4v) is 18.5. The zero-order chi connectivity index (χ0) is 40.2. The predicted molar refractivity (Wildman–Crippen MR) is 257 cm³/mol. The van der Waals surface area contributed by atoms with Crippen molar-refractivity contribution in [2.45, 2.75) is 149 Å². The van der Waals surface area contributed by atoms with E-state index in [0.29, 0.717) is 71.1 Å². The van der Waals surface area contributed by atoms with Gasteiger partial charge in [0.15, 0.2) is 0 Å². The first kappa shape index (κ1) is 38.7. The second-order valence-electron chi connectivity index (χ2n) is 21.7. The molecule has 18 atom stereocenters. The maximum absolute atomic E-state index is 5.76. The maximum Gasteiger partial charge on any atom is 0.0542 e. The van der Waals surface area contributed by atoms with Gasteiger partial charge in [-0.15, -0.1) is 11.8 Å². The van der Waals surface area contributed by atoms with E-state index in [0.717, 1.165) is 34.8 Å². The van der Waals surface area contributed by atoms with Crippen LogP contribution in [0, 0.1) is 59.2 Å². The van der Waals surface area contributed by atoms with E-state index in [1.807, 2.05) is 5.57 Å². The Morgan fingerprint density at radius 3 is 2.08 bits per heavy atom. The van der Waals surface area contributed by atoms with E-state index in [4.69, 9.17) is 12.6 Å². The molecule has 0 aromatic heterocycles. The summed E-state index contributed by atoms with van der Waals surface area (Å²) in [6.07, 6.45) is 64.1. The molecule has 0 N–H and O–H groups in total. The Labute approximate surface area is 377 Å². The Hall–Kier alpha value is -2.76. The largest absolute Gasteiger partial charge is 0.363 e. The van der Waals surface area contributed by atoms with Gasteiger partial charge in [0, 0.05) is 45.5 Å². The molecule has 18 unspecified atom stereocenters. The second-order valence-corrected chi connectivity index (χ2v) is 23.5. The van der Waals surface area contributed by atoms with Gasteiger partial charge in [-0.3, -0.25) is 0 Å². The summed E-state index contributed by atoms with van der Waals surface area (Å²) in [7, 11) is 0. The summed E-state index contributed by atoms with van der Waals surface area (Å²) in [6.45, 7) is 0. The molecule has 320 valence electrons. The molecule has 0 bridgehead atoms. The van der Waals surface area contributed by atoms with Crippen LogP contribution in [-0.4, -0.2) is 61.5 Å². The molecule has 4 aliphatic heterocycles. The molecule has 13 rings (SSSR count). The molecule has 0 aromatic carbocycles. The summed E-state index contributed by atoms with van der Waals surface area (Å²) in [4.78, 5) is 8.81. The first-order chi connectivity index (χ1) is 30.2. The average Bonchev–Trinajstić information content (AvgIpc) is 4.07. The molecule has 1 saturated carbocycles. The summed E-state index contributed by atoms with van der Waals surface area (Å²) in [5.41, 5.74) is 6.66. The number of thiol groups is 1. The van der Waals surface area contributed by atoms with Crippen molar-refractivity contribution in [3.63, 3.8) is 0 Å². The molecule has 3 saturated heterocycles. The minimum Gasteiger partial charge on any atom is -0.363 e. The van der Waals surface area contributed by atoms with Crippen LogP contribution in [0.1, 0.15) is 103 Å². The number of hydrogen-bond acceptors (Lipinski definition) is 5. The van der Waals surface area contributed by atoms with E-state index in [-0.39, 0.29) is 0 Å². The minimum absolute atomic E-state index is 0.428. The van der Waals surface area contributed by atoms with Gasteiger partial charge in [-0.05, 0) is 173 Å². The van der Waals surface area contributed by atoms with Crippen molar-refractivity contribution in [1.82, 2.24) is 14.7 Å². The Balaban J connectivity index is 0.801. The first-order valence-corrected chi connectivity index (χ1v) is 26.8. The van der Waals surface area contributed by atoms with Gasteiger partial charge in [0.05, 0.1) is 30.2 Å². The van der Waals surface area contributed by atoms with E-state index in [1.54, 1.807) is 17.1 Å². The van der Waals surface area contributed by atoms with Gasteiger partial charge in [-0.2, -0.15) is 12.6 Å². The summed E-state index contributed by atoms with van der Waals surface area (Å²) in [5, 5.41) is 3.78. The van der Waals surface area contributed by atoms with Crippen molar-refractivity contribution in [3.8, 4) is 0 Å². The number of hydrogen-bond donors (Lipinski definition) is 1. The zero-order valence-corrected chi connectivity index (χ0v) is 38.0. The highest BCUT2D eigenvalue weighted by Gasteiger charge is 2.58. The summed E-state index contributed by atoms with van der Waals surface area (Å²) in [5.74, 6) is 7.06. The highest BCUT2D eigenvalue weighted by Crippen LogP contribution is 2.60. The highest BCUT2D eigenvalue weighted by atomic mass is 32.2. The van der Waals surface area contributed by atoms with E-state index >= 15 is 0 Å². The number of fused-ring (bicyclic) bond motifs is 10. The summed E-state index contributed by atoms with van der Waals surface area (Å²) < 4.78 is 0. The lowest BCUT2D eigenvalue weighted by atomic mass is 9.63. The van der Waals surface area contributed by atoms with Crippen LogP contribution in [0.15, 0.2) is 131 Å². The summed E-state index contributed by atoms with van der Waals surface area (Å²) >= 11 is 7.91. The van der Waals surface area contributed by atoms with Gasteiger partial charge in [0.2, 0.25) is 0 Å². The Morgan fingerprint density at radius 2 is 1.25 bits per heavy atom. The molecule has 0 aromatic rings. The standard InChI is InChI=1S/C56H69N3S2/c60-54-33-38(37-25-27-51-45(31-37)42-18-8-11-21-49(42)58(51)40-15-5-2-6-16-40)32-47-46-30-36(24-28-52(46)59(56(47)54)53-34-61-55-22-12-9-19-43(53)55)35-23-26-50-44(29-35)41-17-7-10-20-48(41)57(50)39-13-3-1-4-14-39/h1-3,5,9-11,13,15,19-21,24-25,27-29,34-38,41-43,45-52,54-56,60H,4,6-8,12,14,16-18,22-23,26,30-33H2. The molecule has 4 fully saturated rings. The zero-order valence-electron chi connectivity index (χ0n) is 36.3. The van der Waals surface area contributed by atoms with Crippen LogP contribution in [0.3, 0.4) is 0 Å². The molecule has 0 spiro atoms. The molecule has 61 heavy (non-hydrogen) atoms. The van der Waals surface area contributed by atoms with Crippen LogP contribution in [-0.2, 0) is 0 Å². The third kappa shape index (κ3) is 6.32. The molecule has 0 amide bonds. The van der Waals surface area contributed by atoms with Crippen molar-refractivity contribution >= 4 is 24.4 Å². The number of likely N-dealkylation sites (tertiary alicyclic amines) is 3. The van der Waals surface area contributed by atoms with Gasteiger partial charge in [-0.25, -0.2) is 0 Å². The Morgan fingerprint density at radius 1 is 0.541 bits per heavy atom. The van der Waals surface area contributed by atoms with Crippen molar-refractivity contribution in [2.24, 2.45) is 59.2 Å². The van der Waals surface area contributed by atoms with E-state index in [1.165, 1.54) is 103 Å². The smallest absolute Gasteiger partial charge is 0.0542 e. The Bertz CT molecular complexity index is 2090. The number of rotatable bonds is 5. The van der Waals surface area contributed by atoms with Crippen LogP contribution in [0.25, 0.3) is 0 Å². The van der Waals surface area contributed by atoms with Gasteiger partial charge < -0.3 is 14.7 Å². The lowest BCUT2D eigenvalue weighted by molar-refractivity contribution is 0.122. The third-order valence-electron chi connectivity index (χ3n) is 19.1. The average molecular weight is 848 g/mol. The van der Waals surface area contributed by atoms with E-state index < -0.39 is 0 Å². The lowest BCUT2D eigenvalue weighted by Gasteiger charge is -2.46. The fourth-order valence-electron chi connectivity index (χ4n) is 16.6. The molecule has 5 heteroatoms. The van der Waals surface area contributed by atoms with Gasteiger partial charge >= 0.3 is 0 Å². The lowest BCUT2D eigenvalue weighted by Crippen LogP contribution is -2.48. The van der Waals surface area contributed by atoms with Gasteiger partial charge in [0.1, 0.15) is 0 Å². The van der Waals surface area contributed by atoms with E-state index in [9.17, 15) is 0 Å². The molecular formula is C56H69N3S2. The van der Waals surface area contributed by atoms with E-state index in [2.05, 4.69) is 135 Å². The summed E-state index contributed by atoms with van der Waals surface area (Å²) in [6, 6.07) is 3.40. The highest BCUT2D eigenvalue weighted by molar-refractivity contribution is 8.03. The Kier molecular flexibility index (Phi) is 9.98. The molecule has 0 radical (unpaired) electrons. The van der Waals surface area contributed by atoms with Crippen molar-refractivity contribution in [2.75, 3.05) is 0 Å². The number of nitrogens with zero attached hydrogens (tertiary/aromatic N) is 3. The molecule has 9 aliphatic carbocycles. The van der Waals surface area contributed by atoms with Crippen LogP contribution in [0.2, 0.25) is 0 Å². The van der Waals surface area contributed by atoms with Crippen molar-refractivity contribution in [1.29, 1.82) is 0 Å². The van der Waals surface area contributed by atoms with Crippen molar-refractivity contribution < 1.29 is 0 Å². The minimum atomic E-state index is 0.428. The SMILES string of the molecule is SC1CC(C2C=CC3C(C2)C2CCC=CC2N3C2=CC=CCC2)CC2C3CC(C4C=C5C6CCC=CC6N(C6=CC=CCC6)C5CC4)C=CC3N(C3=CSC4CCC=CC34)C12. The number of thioether (sulfide) groups is 1. The molecular weight excluding hydrogens is 779 g/mol. The fraction of sp³-hybridized carbons (Fsp3) is 0.607. The van der Waals surface area contributed by atoms with Crippen LogP contribution >= 0.6 is 24.4 Å². The third-order valence-corrected chi connectivity index (χ3v) is 20.8.